The Morgan fingerprint density at radius 2 is 1.86 bits per heavy atom. The van der Waals surface area contributed by atoms with Crippen molar-refractivity contribution in [1.29, 1.82) is 0 Å². The molecule has 2 nitrogen and oxygen atoms in total. The molecule has 3 aromatic rings. The third-order valence-electron chi connectivity index (χ3n) is 4.51. The molecule has 2 heteroatoms. The highest BCUT2D eigenvalue weighted by Gasteiger charge is 2.18. The van der Waals surface area contributed by atoms with Gasteiger partial charge in [0.05, 0.1) is 5.52 Å². The number of aryl methyl sites for hydroxylation is 1. The van der Waals surface area contributed by atoms with Gasteiger partial charge in [0.15, 0.2) is 0 Å². The van der Waals surface area contributed by atoms with Crippen molar-refractivity contribution < 1.29 is 0 Å². The lowest BCUT2D eigenvalue weighted by Gasteiger charge is -2.22. The van der Waals surface area contributed by atoms with Crippen LogP contribution in [0.3, 0.4) is 0 Å². The number of nitrogens with zero attached hydrogens (tertiary/aromatic N) is 1. The first-order valence-corrected chi connectivity index (χ1v) is 7.95. The standard InChI is InChI=1S/C19H20N2/c1-2-20-18-15-9-5-6-10-17(15)21-19-14-8-4-3-7-13(14)11-12-16(18)19/h3-4,7-8,11-12H,2,5-6,9-10H2,1H3,(H,20,21). The van der Waals surface area contributed by atoms with E-state index in [4.69, 9.17) is 4.98 Å². The largest absolute Gasteiger partial charge is 0.384 e. The summed E-state index contributed by atoms with van der Waals surface area (Å²) in [5, 5.41) is 7.42. The topological polar surface area (TPSA) is 24.9 Å². The SMILES string of the molecule is CCNc1c2c(nc3c1ccc1ccccc13)CCCC2. The molecule has 0 radical (unpaired) electrons. The molecule has 1 aliphatic carbocycles. The van der Waals surface area contributed by atoms with Gasteiger partial charge in [-0.2, -0.15) is 0 Å². The molecule has 0 atom stereocenters. The highest BCUT2D eigenvalue weighted by Crippen LogP contribution is 2.36. The van der Waals surface area contributed by atoms with Gasteiger partial charge in [0, 0.05) is 28.7 Å². The molecule has 0 aliphatic heterocycles. The number of fused-ring (bicyclic) bond motifs is 4. The first-order valence-electron chi connectivity index (χ1n) is 7.95. The summed E-state index contributed by atoms with van der Waals surface area (Å²) in [5.41, 5.74) is 5.24. The lowest BCUT2D eigenvalue weighted by Crippen LogP contribution is -2.11. The molecular formula is C19H20N2. The zero-order valence-electron chi connectivity index (χ0n) is 12.4. The molecule has 1 aliphatic rings. The molecule has 1 aromatic heterocycles. The molecule has 0 bridgehead atoms. The van der Waals surface area contributed by atoms with Crippen molar-refractivity contribution in [2.75, 3.05) is 11.9 Å². The molecule has 0 unspecified atom stereocenters. The molecule has 0 spiro atoms. The van der Waals surface area contributed by atoms with Crippen molar-refractivity contribution in [3.05, 3.63) is 47.7 Å². The molecule has 2 aromatic carbocycles. The lowest BCUT2D eigenvalue weighted by molar-refractivity contribution is 0.672. The fourth-order valence-corrected chi connectivity index (χ4v) is 3.54. The van der Waals surface area contributed by atoms with Gasteiger partial charge in [-0.15, -0.1) is 0 Å². The van der Waals surface area contributed by atoms with Gasteiger partial charge < -0.3 is 5.32 Å². The molecule has 4 rings (SSSR count). The van der Waals surface area contributed by atoms with Crippen LogP contribution < -0.4 is 5.32 Å². The third-order valence-corrected chi connectivity index (χ3v) is 4.51. The van der Waals surface area contributed by atoms with E-state index < -0.39 is 0 Å². The molecular weight excluding hydrogens is 256 g/mol. The van der Waals surface area contributed by atoms with Gasteiger partial charge in [-0.25, -0.2) is 0 Å². The second-order valence-electron chi connectivity index (χ2n) is 5.83. The Kier molecular flexibility index (Phi) is 3.03. The maximum atomic E-state index is 5.05. The summed E-state index contributed by atoms with van der Waals surface area (Å²) in [5.74, 6) is 0. The van der Waals surface area contributed by atoms with Crippen LogP contribution in [0.2, 0.25) is 0 Å². The van der Waals surface area contributed by atoms with Crippen LogP contribution >= 0.6 is 0 Å². The molecule has 1 heterocycles. The average Bonchev–Trinajstić information content (AvgIpc) is 2.55. The van der Waals surface area contributed by atoms with Gasteiger partial charge in [0.1, 0.15) is 0 Å². The van der Waals surface area contributed by atoms with E-state index in [-0.39, 0.29) is 0 Å². The van der Waals surface area contributed by atoms with Crippen molar-refractivity contribution in [3.63, 3.8) is 0 Å². The molecule has 0 saturated carbocycles. The summed E-state index contributed by atoms with van der Waals surface area (Å²) in [6.07, 6.45) is 4.83. The van der Waals surface area contributed by atoms with Crippen LogP contribution in [0.5, 0.6) is 0 Å². The van der Waals surface area contributed by atoms with Gasteiger partial charge >= 0.3 is 0 Å². The monoisotopic (exact) mass is 276 g/mol. The number of hydrogen-bond donors (Lipinski definition) is 1. The van der Waals surface area contributed by atoms with Gasteiger partial charge in [-0.3, -0.25) is 4.98 Å². The quantitative estimate of drug-likeness (QED) is 0.686. The van der Waals surface area contributed by atoms with Crippen molar-refractivity contribution >= 4 is 27.4 Å². The highest BCUT2D eigenvalue weighted by atomic mass is 14.9. The van der Waals surface area contributed by atoms with E-state index in [2.05, 4.69) is 48.6 Å². The first-order chi connectivity index (χ1) is 10.4. The van der Waals surface area contributed by atoms with E-state index in [0.717, 1.165) is 24.9 Å². The fraction of sp³-hybridized carbons (Fsp3) is 0.316. The second kappa shape index (κ2) is 5.03. The van der Waals surface area contributed by atoms with Gasteiger partial charge in [0.25, 0.3) is 0 Å². The first kappa shape index (κ1) is 12.6. The van der Waals surface area contributed by atoms with Crippen LogP contribution in [-0.2, 0) is 12.8 Å². The summed E-state index contributed by atoms with van der Waals surface area (Å²) >= 11 is 0. The van der Waals surface area contributed by atoms with Crippen molar-refractivity contribution in [2.45, 2.75) is 32.6 Å². The Hall–Kier alpha value is -2.09. The minimum absolute atomic E-state index is 0.957. The molecule has 21 heavy (non-hydrogen) atoms. The average molecular weight is 276 g/mol. The Bertz CT molecular complexity index is 821. The van der Waals surface area contributed by atoms with E-state index in [0.29, 0.717) is 0 Å². The maximum Gasteiger partial charge on any atom is 0.0804 e. The smallest absolute Gasteiger partial charge is 0.0804 e. The van der Waals surface area contributed by atoms with Crippen molar-refractivity contribution in [1.82, 2.24) is 4.98 Å². The van der Waals surface area contributed by atoms with Gasteiger partial charge in [-0.1, -0.05) is 36.4 Å². The van der Waals surface area contributed by atoms with Gasteiger partial charge in [0.2, 0.25) is 0 Å². The summed E-state index contributed by atoms with van der Waals surface area (Å²) < 4.78 is 0. The molecule has 0 fully saturated rings. The van der Waals surface area contributed by atoms with E-state index >= 15 is 0 Å². The highest BCUT2D eigenvalue weighted by molar-refractivity contribution is 6.09. The maximum absolute atomic E-state index is 5.05. The van der Waals surface area contributed by atoms with E-state index in [9.17, 15) is 0 Å². The normalized spacial score (nSPS) is 14.3. The fourth-order valence-electron chi connectivity index (χ4n) is 3.54. The van der Waals surface area contributed by atoms with Crippen LogP contribution in [0.15, 0.2) is 36.4 Å². The summed E-state index contributed by atoms with van der Waals surface area (Å²) in [6.45, 7) is 3.13. The Balaban J connectivity index is 2.12. The summed E-state index contributed by atoms with van der Waals surface area (Å²) in [4.78, 5) is 5.05. The number of pyridine rings is 1. The van der Waals surface area contributed by atoms with Crippen LogP contribution in [0.4, 0.5) is 5.69 Å². The minimum Gasteiger partial charge on any atom is -0.384 e. The van der Waals surface area contributed by atoms with Crippen molar-refractivity contribution in [2.24, 2.45) is 0 Å². The van der Waals surface area contributed by atoms with Crippen molar-refractivity contribution in [3.8, 4) is 0 Å². The minimum atomic E-state index is 0.957. The van der Waals surface area contributed by atoms with Gasteiger partial charge in [-0.05, 0) is 43.6 Å². The molecule has 1 N–H and O–H groups in total. The number of anilines is 1. The Labute approximate surface area is 125 Å². The number of hydrogen-bond acceptors (Lipinski definition) is 2. The Morgan fingerprint density at radius 1 is 1.00 bits per heavy atom. The number of benzene rings is 2. The molecule has 106 valence electrons. The van der Waals surface area contributed by atoms with E-state index in [1.165, 1.54) is 45.9 Å². The predicted molar refractivity (Wildman–Crippen MR) is 90.1 cm³/mol. The Morgan fingerprint density at radius 3 is 2.76 bits per heavy atom. The second-order valence-corrected chi connectivity index (χ2v) is 5.83. The predicted octanol–water partition coefficient (Wildman–Crippen LogP) is 4.70. The third kappa shape index (κ3) is 1.98. The number of rotatable bonds is 2. The number of aromatic nitrogens is 1. The number of nitrogens with one attached hydrogen (secondary N) is 1. The summed E-state index contributed by atoms with van der Waals surface area (Å²) in [6, 6.07) is 13.0. The lowest BCUT2D eigenvalue weighted by atomic mass is 9.91. The van der Waals surface area contributed by atoms with E-state index in [1.807, 2.05) is 0 Å². The molecule has 0 saturated heterocycles. The van der Waals surface area contributed by atoms with Crippen LogP contribution in [0, 0.1) is 0 Å². The van der Waals surface area contributed by atoms with Crippen LogP contribution in [-0.4, -0.2) is 11.5 Å². The van der Waals surface area contributed by atoms with Crippen LogP contribution in [0.25, 0.3) is 21.7 Å². The van der Waals surface area contributed by atoms with Crippen LogP contribution in [0.1, 0.15) is 31.0 Å². The zero-order valence-corrected chi connectivity index (χ0v) is 12.4. The summed E-state index contributed by atoms with van der Waals surface area (Å²) in [7, 11) is 0. The molecule has 0 amide bonds. The van der Waals surface area contributed by atoms with E-state index in [1.54, 1.807) is 0 Å². The zero-order chi connectivity index (χ0) is 14.2.